The van der Waals surface area contributed by atoms with Gasteiger partial charge in [-0.15, -0.1) is 0 Å². The number of hydrogen-bond donors (Lipinski definition) is 1. The SMILES string of the molecule is CCOc1ccccc1C(=O)c1ccc(N(C)C)cc1C(=O)O. The zero-order valence-corrected chi connectivity index (χ0v) is 13.4. The van der Waals surface area contributed by atoms with E-state index in [4.69, 9.17) is 4.74 Å². The fraction of sp³-hybridized carbons (Fsp3) is 0.222. The maximum Gasteiger partial charge on any atom is 0.336 e. The van der Waals surface area contributed by atoms with Gasteiger partial charge in [-0.3, -0.25) is 4.79 Å². The van der Waals surface area contributed by atoms with E-state index >= 15 is 0 Å². The number of anilines is 1. The maximum atomic E-state index is 12.8. The highest BCUT2D eigenvalue weighted by Gasteiger charge is 2.21. The maximum absolute atomic E-state index is 12.8. The van der Waals surface area contributed by atoms with Crippen molar-refractivity contribution in [2.45, 2.75) is 6.92 Å². The summed E-state index contributed by atoms with van der Waals surface area (Å²) in [6, 6.07) is 11.6. The minimum Gasteiger partial charge on any atom is -0.493 e. The summed E-state index contributed by atoms with van der Waals surface area (Å²) in [5, 5.41) is 9.44. The largest absolute Gasteiger partial charge is 0.493 e. The second-order valence-electron chi connectivity index (χ2n) is 5.19. The van der Waals surface area contributed by atoms with E-state index in [1.807, 2.05) is 21.0 Å². The van der Waals surface area contributed by atoms with Crippen molar-refractivity contribution < 1.29 is 19.4 Å². The summed E-state index contributed by atoms with van der Waals surface area (Å²) in [4.78, 5) is 26.1. The van der Waals surface area contributed by atoms with Crippen molar-refractivity contribution in [3.63, 3.8) is 0 Å². The van der Waals surface area contributed by atoms with Crippen LogP contribution in [0.2, 0.25) is 0 Å². The zero-order chi connectivity index (χ0) is 17.0. The van der Waals surface area contributed by atoms with Gasteiger partial charge >= 0.3 is 5.97 Å². The minimum atomic E-state index is -1.13. The predicted octanol–water partition coefficient (Wildman–Crippen LogP) is 3.08. The Morgan fingerprint density at radius 2 is 1.74 bits per heavy atom. The van der Waals surface area contributed by atoms with E-state index in [1.165, 1.54) is 6.07 Å². The van der Waals surface area contributed by atoms with Gasteiger partial charge in [-0.2, -0.15) is 0 Å². The van der Waals surface area contributed by atoms with E-state index < -0.39 is 5.97 Å². The van der Waals surface area contributed by atoms with E-state index in [9.17, 15) is 14.7 Å². The number of carbonyl (C=O) groups excluding carboxylic acids is 1. The number of para-hydroxylation sites is 1. The van der Waals surface area contributed by atoms with Crippen LogP contribution < -0.4 is 9.64 Å². The molecule has 0 aliphatic rings. The van der Waals surface area contributed by atoms with Gasteiger partial charge in [-0.25, -0.2) is 4.79 Å². The molecule has 0 aromatic heterocycles. The first-order chi connectivity index (χ1) is 11.0. The first kappa shape index (κ1) is 16.5. The Kier molecular flexibility index (Phi) is 5.01. The molecule has 0 atom stereocenters. The van der Waals surface area contributed by atoms with E-state index in [2.05, 4.69) is 0 Å². The minimum absolute atomic E-state index is 0.0208. The van der Waals surface area contributed by atoms with Crippen molar-refractivity contribution in [1.29, 1.82) is 0 Å². The van der Waals surface area contributed by atoms with E-state index in [0.717, 1.165) is 5.69 Å². The molecule has 0 fully saturated rings. The van der Waals surface area contributed by atoms with Gasteiger partial charge in [-0.1, -0.05) is 12.1 Å². The van der Waals surface area contributed by atoms with Gasteiger partial charge in [-0.05, 0) is 37.3 Å². The van der Waals surface area contributed by atoms with Crippen LogP contribution in [0.1, 0.15) is 33.2 Å². The highest BCUT2D eigenvalue weighted by atomic mass is 16.5. The second kappa shape index (κ2) is 6.96. The summed E-state index contributed by atoms with van der Waals surface area (Å²) in [7, 11) is 3.62. The molecule has 2 rings (SSSR count). The Morgan fingerprint density at radius 3 is 2.35 bits per heavy atom. The van der Waals surface area contributed by atoms with Crippen molar-refractivity contribution >= 4 is 17.4 Å². The highest BCUT2D eigenvalue weighted by Crippen LogP contribution is 2.25. The zero-order valence-electron chi connectivity index (χ0n) is 13.4. The molecule has 5 heteroatoms. The normalized spacial score (nSPS) is 10.2. The predicted molar refractivity (Wildman–Crippen MR) is 88.8 cm³/mol. The Labute approximate surface area is 135 Å². The molecule has 0 radical (unpaired) electrons. The summed E-state index contributed by atoms with van der Waals surface area (Å²) in [6.07, 6.45) is 0. The lowest BCUT2D eigenvalue weighted by Crippen LogP contribution is -2.14. The number of carboxylic acid groups (broad SMARTS) is 1. The fourth-order valence-electron chi connectivity index (χ4n) is 2.27. The van der Waals surface area contributed by atoms with Crippen LogP contribution in [0.25, 0.3) is 0 Å². The Balaban J connectivity index is 2.53. The molecular weight excluding hydrogens is 294 g/mol. The Morgan fingerprint density at radius 1 is 1.04 bits per heavy atom. The number of nitrogens with zero attached hydrogens (tertiary/aromatic N) is 1. The van der Waals surface area contributed by atoms with Crippen molar-refractivity contribution in [2.24, 2.45) is 0 Å². The Hall–Kier alpha value is -2.82. The average Bonchev–Trinajstić information content (AvgIpc) is 2.54. The molecule has 120 valence electrons. The fourth-order valence-corrected chi connectivity index (χ4v) is 2.27. The number of rotatable bonds is 6. The molecule has 0 amide bonds. The molecule has 0 bridgehead atoms. The molecule has 2 aromatic rings. The summed E-state index contributed by atoms with van der Waals surface area (Å²) in [6.45, 7) is 2.26. The lowest BCUT2D eigenvalue weighted by Gasteiger charge is -2.15. The molecule has 0 aliphatic heterocycles. The quantitative estimate of drug-likeness (QED) is 0.830. The molecule has 5 nitrogen and oxygen atoms in total. The number of aromatic carboxylic acids is 1. The highest BCUT2D eigenvalue weighted by molar-refractivity contribution is 6.15. The number of ketones is 1. The van der Waals surface area contributed by atoms with Crippen LogP contribution in [-0.2, 0) is 0 Å². The van der Waals surface area contributed by atoms with Crippen LogP contribution in [-0.4, -0.2) is 37.6 Å². The van der Waals surface area contributed by atoms with E-state index in [-0.39, 0.29) is 16.9 Å². The van der Waals surface area contributed by atoms with Crippen LogP contribution in [0.4, 0.5) is 5.69 Å². The molecule has 1 N–H and O–H groups in total. The van der Waals surface area contributed by atoms with Gasteiger partial charge in [0.1, 0.15) is 5.75 Å². The first-order valence-electron chi connectivity index (χ1n) is 7.27. The van der Waals surface area contributed by atoms with Crippen LogP contribution in [0.3, 0.4) is 0 Å². The number of carboxylic acids is 1. The van der Waals surface area contributed by atoms with Crippen LogP contribution in [0.5, 0.6) is 5.75 Å². The van der Waals surface area contributed by atoms with Crippen molar-refractivity contribution in [3.05, 3.63) is 59.2 Å². The molecule has 0 heterocycles. The van der Waals surface area contributed by atoms with Gasteiger partial charge in [0.15, 0.2) is 5.78 Å². The Bertz CT molecular complexity index is 738. The summed E-state index contributed by atoms with van der Waals surface area (Å²) < 4.78 is 5.47. The first-order valence-corrected chi connectivity index (χ1v) is 7.27. The lowest BCUT2D eigenvalue weighted by molar-refractivity contribution is 0.0692. The summed E-state index contributed by atoms with van der Waals surface area (Å²) in [5.41, 5.74) is 1.20. The molecular formula is C18H19NO4. The van der Waals surface area contributed by atoms with E-state index in [1.54, 1.807) is 41.3 Å². The van der Waals surface area contributed by atoms with Gasteiger partial charge in [0, 0.05) is 25.3 Å². The molecule has 0 spiro atoms. The third-order valence-electron chi connectivity index (χ3n) is 3.43. The van der Waals surface area contributed by atoms with Crippen molar-refractivity contribution in [1.82, 2.24) is 0 Å². The molecule has 0 saturated carbocycles. The third kappa shape index (κ3) is 3.51. The smallest absolute Gasteiger partial charge is 0.336 e. The number of ether oxygens (including phenoxy) is 1. The number of carbonyl (C=O) groups is 2. The van der Waals surface area contributed by atoms with Crippen molar-refractivity contribution in [3.8, 4) is 5.75 Å². The second-order valence-corrected chi connectivity index (χ2v) is 5.19. The summed E-state index contributed by atoms with van der Waals surface area (Å²) >= 11 is 0. The molecule has 0 unspecified atom stereocenters. The topological polar surface area (TPSA) is 66.8 Å². The van der Waals surface area contributed by atoms with Crippen LogP contribution >= 0.6 is 0 Å². The van der Waals surface area contributed by atoms with Crippen molar-refractivity contribution in [2.75, 3.05) is 25.6 Å². The molecule has 0 aliphatic carbocycles. The monoisotopic (exact) mass is 313 g/mol. The summed E-state index contributed by atoms with van der Waals surface area (Å²) in [5.74, 6) is -1.05. The van der Waals surface area contributed by atoms with Gasteiger partial charge in [0.25, 0.3) is 0 Å². The van der Waals surface area contributed by atoms with Crippen LogP contribution in [0, 0.1) is 0 Å². The molecule has 0 saturated heterocycles. The van der Waals surface area contributed by atoms with E-state index in [0.29, 0.717) is 17.9 Å². The van der Waals surface area contributed by atoms with Gasteiger partial charge < -0.3 is 14.7 Å². The number of hydrogen-bond acceptors (Lipinski definition) is 4. The average molecular weight is 313 g/mol. The standard InChI is InChI=1S/C18H19NO4/c1-4-23-16-8-6-5-7-14(16)17(20)13-10-9-12(19(2)3)11-15(13)18(21)22/h5-11H,4H2,1-3H3,(H,21,22). The number of benzene rings is 2. The van der Waals surface area contributed by atoms with Gasteiger partial charge in [0.05, 0.1) is 17.7 Å². The molecule has 2 aromatic carbocycles. The molecule has 23 heavy (non-hydrogen) atoms. The van der Waals surface area contributed by atoms with Crippen LogP contribution in [0.15, 0.2) is 42.5 Å². The van der Waals surface area contributed by atoms with Gasteiger partial charge in [0.2, 0.25) is 0 Å². The lowest BCUT2D eigenvalue weighted by atomic mass is 9.97. The third-order valence-corrected chi connectivity index (χ3v) is 3.43.